The lowest BCUT2D eigenvalue weighted by atomic mass is 9.95. The van der Waals surface area contributed by atoms with Crippen LogP contribution in [0.25, 0.3) is 0 Å². The molecule has 1 unspecified atom stereocenters. The molecule has 2 aromatic rings. The number of aryl methyl sites for hydroxylation is 3. The molecule has 0 aliphatic carbocycles. The largest absolute Gasteiger partial charge is 0.310 e. The van der Waals surface area contributed by atoms with E-state index in [0.717, 1.165) is 19.4 Å². The second-order valence-electron chi connectivity index (χ2n) is 5.75. The van der Waals surface area contributed by atoms with Crippen LogP contribution in [-0.2, 0) is 6.42 Å². The first-order valence-electron chi connectivity index (χ1n) is 7.75. The first kappa shape index (κ1) is 16.2. The van der Waals surface area contributed by atoms with Crippen molar-refractivity contribution in [1.29, 1.82) is 0 Å². The van der Waals surface area contributed by atoms with E-state index in [0.29, 0.717) is 6.04 Å². The fraction of sp³-hybridized carbons (Fsp3) is 0.500. The van der Waals surface area contributed by atoms with Gasteiger partial charge in [-0.1, -0.05) is 25.1 Å². The highest BCUT2D eigenvalue weighted by Crippen LogP contribution is 2.26. The summed E-state index contributed by atoms with van der Waals surface area (Å²) in [7, 11) is 0. The normalized spacial score (nSPS) is 12.6. The third-order valence-corrected chi connectivity index (χ3v) is 5.21. The Bertz CT molecular complexity index is 582. The van der Waals surface area contributed by atoms with Crippen molar-refractivity contribution in [1.82, 2.24) is 10.3 Å². The van der Waals surface area contributed by atoms with E-state index in [1.807, 2.05) is 11.3 Å². The van der Waals surface area contributed by atoms with Gasteiger partial charge in [0, 0.05) is 17.3 Å². The number of hydrogen-bond donors (Lipinski definition) is 1. The fourth-order valence-corrected chi connectivity index (χ4v) is 3.54. The Hall–Kier alpha value is -1.19. The van der Waals surface area contributed by atoms with E-state index >= 15 is 0 Å². The standard InChI is InChI=1S/C18H26N2S/c1-6-10-19-17(11-18-20-14(4)15(5)21-18)16-9-7-8-12(2)13(16)3/h7-9,17,19H,6,10-11H2,1-5H3. The average molecular weight is 302 g/mol. The molecule has 0 amide bonds. The number of aromatic nitrogens is 1. The highest BCUT2D eigenvalue weighted by Gasteiger charge is 2.17. The number of hydrogen-bond acceptors (Lipinski definition) is 3. The molecule has 1 atom stereocenters. The Labute approximate surface area is 132 Å². The molecule has 1 heterocycles. The quantitative estimate of drug-likeness (QED) is 0.839. The van der Waals surface area contributed by atoms with Crippen molar-refractivity contribution >= 4 is 11.3 Å². The Kier molecular flexibility index (Phi) is 5.54. The van der Waals surface area contributed by atoms with Gasteiger partial charge in [-0.05, 0) is 57.4 Å². The van der Waals surface area contributed by atoms with Crippen molar-refractivity contribution in [3.05, 3.63) is 50.5 Å². The highest BCUT2D eigenvalue weighted by atomic mass is 32.1. The third-order valence-electron chi connectivity index (χ3n) is 4.11. The van der Waals surface area contributed by atoms with Gasteiger partial charge in [0.25, 0.3) is 0 Å². The first-order valence-corrected chi connectivity index (χ1v) is 8.57. The maximum absolute atomic E-state index is 4.71. The van der Waals surface area contributed by atoms with Crippen molar-refractivity contribution in [2.45, 2.75) is 53.5 Å². The molecule has 1 aromatic heterocycles. The number of nitrogens with zero attached hydrogens (tertiary/aromatic N) is 1. The predicted molar refractivity (Wildman–Crippen MR) is 92.2 cm³/mol. The van der Waals surface area contributed by atoms with Crippen LogP contribution in [0.1, 0.15) is 51.7 Å². The monoisotopic (exact) mass is 302 g/mol. The van der Waals surface area contributed by atoms with Crippen LogP contribution in [0.3, 0.4) is 0 Å². The molecule has 1 aromatic carbocycles. The Morgan fingerprint density at radius 1 is 1.19 bits per heavy atom. The van der Waals surface area contributed by atoms with E-state index < -0.39 is 0 Å². The van der Waals surface area contributed by atoms with Crippen molar-refractivity contribution in [2.24, 2.45) is 0 Å². The van der Waals surface area contributed by atoms with Gasteiger partial charge in [0.2, 0.25) is 0 Å². The molecular weight excluding hydrogens is 276 g/mol. The van der Waals surface area contributed by atoms with E-state index in [4.69, 9.17) is 4.98 Å². The van der Waals surface area contributed by atoms with Gasteiger partial charge in [-0.25, -0.2) is 4.98 Å². The number of rotatable bonds is 6. The maximum atomic E-state index is 4.71. The molecule has 0 fully saturated rings. The summed E-state index contributed by atoms with van der Waals surface area (Å²) in [6.45, 7) is 11.9. The summed E-state index contributed by atoms with van der Waals surface area (Å²) in [6, 6.07) is 6.96. The summed E-state index contributed by atoms with van der Waals surface area (Å²) < 4.78 is 0. The second kappa shape index (κ2) is 7.19. The van der Waals surface area contributed by atoms with Crippen LogP contribution < -0.4 is 5.32 Å². The molecule has 2 nitrogen and oxygen atoms in total. The Balaban J connectivity index is 2.27. The Morgan fingerprint density at radius 3 is 2.57 bits per heavy atom. The number of nitrogens with one attached hydrogen (secondary N) is 1. The van der Waals surface area contributed by atoms with Crippen molar-refractivity contribution in [3.8, 4) is 0 Å². The Morgan fingerprint density at radius 2 is 1.95 bits per heavy atom. The second-order valence-corrected chi connectivity index (χ2v) is 7.04. The molecule has 3 heteroatoms. The van der Waals surface area contributed by atoms with Crippen molar-refractivity contribution in [3.63, 3.8) is 0 Å². The molecule has 0 aliphatic heterocycles. The zero-order chi connectivity index (χ0) is 15.4. The van der Waals surface area contributed by atoms with Crippen LogP contribution in [0.15, 0.2) is 18.2 Å². The molecular formula is C18H26N2S. The summed E-state index contributed by atoms with van der Waals surface area (Å²) in [5, 5.41) is 4.93. The van der Waals surface area contributed by atoms with Gasteiger partial charge in [0.1, 0.15) is 0 Å². The smallest absolute Gasteiger partial charge is 0.0949 e. The fourth-order valence-electron chi connectivity index (χ4n) is 2.56. The zero-order valence-electron chi connectivity index (χ0n) is 13.8. The van der Waals surface area contributed by atoms with Gasteiger partial charge in [-0.2, -0.15) is 0 Å². The number of benzene rings is 1. The average Bonchev–Trinajstić information content (AvgIpc) is 2.76. The van der Waals surface area contributed by atoms with E-state index in [9.17, 15) is 0 Å². The van der Waals surface area contributed by atoms with Crippen molar-refractivity contribution < 1.29 is 0 Å². The summed E-state index contributed by atoms with van der Waals surface area (Å²) in [5.74, 6) is 0. The minimum Gasteiger partial charge on any atom is -0.310 e. The molecule has 0 saturated carbocycles. The lowest BCUT2D eigenvalue weighted by Gasteiger charge is -2.21. The lowest BCUT2D eigenvalue weighted by Crippen LogP contribution is -2.25. The molecule has 21 heavy (non-hydrogen) atoms. The van der Waals surface area contributed by atoms with Crippen LogP contribution in [-0.4, -0.2) is 11.5 Å². The van der Waals surface area contributed by atoms with Crippen LogP contribution in [0.2, 0.25) is 0 Å². The molecule has 114 valence electrons. The summed E-state index contributed by atoms with van der Waals surface area (Å²) in [4.78, 5) is 6.05. The van der Waals surface area contributed by atoms with E-state index in [2.05, 4.69) is 58.1 Å². The molecule has 0 radical (unpaired) electrons. The molecule has 0 spiro atoms. The minimum absolute atomic E-state index is 0.356. The molecule has 2 rings (SSSR count). The molecule has 0 bridgehead atoms. The SMILES string of the molecule is CCCNC(Cc1nc(C)c(C)s1)c1cccc(C)c1C. The van der Waals surface area contributed by atoms with Gasteiger partial charge in [-0.3, -0.25) is 0 Å². The van der Waals surface area contributed by atoms with Crippen molar-refractivity contribution in [2.75, 3.05) is 6.54 Å². The summed E-state index contributed by atoms with van der Waals surface area (Å²) in [6.07, 6.45) is 2.13. The van der Waals surface area contributed by atoms with Crippen LogP contribution in [0, 0.1) is 27.7 Å². The van der Waals surface area contributed by atoms with Gasteiger partial charge in [-0.15, -0.1) is 11.3 Å². The van der Waals surface area contributed by atoms with Gasteiger partial charge < -0.3 is 5.32 Å². The summed E-state index contributed by atoms with van der Waals surface area (Å²) in [5.41, 5.74) is 5.34. The molecule has 0 saturated heterocycles. The van der Waals surface area contributed by atoms with Gasteiger partial charge in [0.05, 0.1) is 10.7 Å². The third kappa shape index (κ3) is 3.92. The van der Waals surface area contributed by atoms with E-state index in [1.165, 1.54) is 32.3 Å². The maximum Gasteiger partial charge on any atom is 0.0949 e. The van der Waals surface area contributed by atoms with Gasteiger partial charge in [0.15, 0.2) is 0 Å². The number of thiazole rings is 1. The zero-order valence-corrected chi connectivity index (χ0v) is 14.6. The minimum atomic E-state index is 0.356. The van der Waals surface area contributed by atoms with E-state index in [-0.39, 0.29) is 0 Å². The molecule has 1 N–H and O–H groups in total. The van der Waals surface area contributed by atoms with Crippen LogP contribution in [0.4, 0.5) is 0 Å². The van der Waals surface area contributed by atoms with Gasteiger partial charge >= 0.3 is 0 Å². The lowest BCUT2D eigenvalue weighted by molar-refractivity contribution is 0.525. The van der Waals surface area contributed by atoms with E-state index in [1.54, 1.807) is 0 Å². The highest BCUT2D eigenvalue weighted by molar-refractivity contribution is 7.11. The predicted octanol–water partition coefficient (Wildman–Crippen LogP) is 4.66. The van der Waals surface area contributed by atoms with Crippen LogP contribution in [0.5, 0.6) is 0 Å². The summed E-state index contributed by atoms with van der Waals surface area (Å²) >= 11 is 1.83. The first-order chi connectivity index (χ1) is 10.0. The topological polar surface area (TPSA) is 24.9 Å². The molecule has 0 aliphatic rings. The van der Waals surface area contributed by atoms with Crippen LogP contribution >= 0.6 is 11.3 Å².